The fourth-order valence-corrected chi connectivity index (χ4v) is 3.26. The molecule has 0 radical (unpaired) electrons. The summed E-state index contributed by atoms with van der Waals surface area (Å²) < 4.78 is 1.80. The molecule has 1 N–H and O–H groups in total. The van der Waals surface area contributed by atoms with Gasteiger partial charge in [0.15, 0.2) is 5.82 Å². The second-order valence-electron chi connectivity index (χ2n) is 6.14. The molecule has 3 aromatic rings. The molecule has 4 rings (SSSR count). The minimum absolute atomic E-state index is 0.0109. The van der Waals surface area contributed by atoms with Crippen molar-refractivity contribution in [2.45, 2.75) is 25.4 Å². The largest absolute Gasteiger partial charge is 0.347 e. The van der Waals surface area contributed by atoms with Gasteiger partial charge in [-0.15, -0.1) is 10.2 Å². The van der Waals surface area contributed by atoms with E-state index >= 15 is 0 Å². The van der Waals surface area contributed by atoms with E-state index in [1.54, 1.807) is 17.2 Å². The third kappa shape index (κ3) is 2.90. The van der Waals surface area contributed by atoms with Crippen LogP contribution in [0.3, 0.4) is 0 Å². The highest BCUT2D eigenvalue weighted by molar-refractivity contribution is 5.93. The van der Waals surface area contributed by atoms with E-state index in [0.29, 0.717) is 6.54 Å². The Labute approximate surface area is 144 Å². The highest BCUT2D eigenvalue weighted by atomic mass is 16.2. The SMILES string of the molecule is Cn1cnnc1CNC(=O)C1CCCN1c1ncnc2ccccc12. The zero-order valence-corrected chi connectivity index (χ0v) is 14.0. The number of rotatable bonds is 4. The number of benzene rings is 1. The highest BCUT2D eigenvalue weighted by Crippen LogP contribution is 2.29. The maximum absolute atomic E-state index is 12.7. The van der Waals surface area contributed by atoms with Crippen molar-refractivity contribution in [3.63, 3.8) is 0 Å². The number of anilines is 1. The van der Waals surface area contributed by atoms with Gasteiger partial charge in [-0.25, -0.2) is 9.97 Å². The van der Waals surface area contributed by atoms with Crippen LogP contribution < -0.4 is 10.2 Å². The number of nitrogens with zero attached hydrogens (tertiary/aromatic N) is 6. The number of aryl methyl sites for hydroxylation is 1. The lowest BCUT2D eigenvalue weighted by molar-refractivity contribution is -0.122. The van der Waals surface area contributed by atoms with Gasteiger partial charge in [0.2, 0.25) is 5.91 Å². The predicted octanol–water partition coefficient (Wildman–Crippen LogP) is 1.04. The lowest BCUT2D eigenvalue weighted by atomic mass is 10.2. The van der Waals surface area contributed by atoms with Gasteiger partial charge >= 0.3 is 0 Å². The van der Waals surface area contributed by atoms with Gasteiger partial charge in [-0.05, 0) is 25.0 Å². The quantitative estimate of drug-likeness (QED) is 0.765. The Bertz CT molecular complexity index is 901. The number of aromatic nitrogens is 5. The van der Waals surface area contributed by atoms with Crippen molar-refractivity contribution >= 4 is 22.6 Å². The predicted molar refractivity (Wildman–Crippen MR) is 92.8 cm³/mol. The summed E-state index contributed by atoms with van der Waals surface area (Å²) in [6.45, 7) is 1.17. The summed E-state index contributed by atoms with van der Waals surface area (Å²) in [5.41, 5.74) is 0.887. The summed E-state index contributed by atoms with van der Waals surface area (Å²) >= 11 is 0. The van der Waals surface area contributed by atoms with E-state index in [4.69, 9.17) is 0 Å². The van der Waals surface area contributed by atoms with Crippen LogP contribution in [-0.2, 0) is 18.4 Å². The summed E-state index contributed by atoms with van der Waals surface area (Å²) in [5, 5.41) is 11.8. The maximum Gasteiger partial charge on any atom is 0.243 e. The second kappa shape index (κ2) is 6.46. The van der Waals surface area contributed by atoms with Gasteiger partial charge in [-0.3, -0.25) is 4.79 Å². The molecular weight excluding hydrogens is 318 g/mol. The molecule has 1 saturated heterocycles. The van der Waals surface area contributed by atoms with E-state index in [2.05, 4.69) is 30.4 Å². The van der Waals surface area contributed by atoms with E-state index in [1.807, 2.05) is 31.3 Å². The lowest BCUT2D eigenvalue weighted by Crippen LogP contribution is -2.43. The molecule has 1 unspecified atom stereocenters. The van der Waals surface area contributed by atoms with E-state index in [1.165, 1.54) is 0 Å². The van der Waals surface area contributed by atoms with Gasteiger partial charge in [0.1, 0.15) is 24.5 Å². The molecular formula is C17H19N7O. The number of nitrogens with one attached hydrogen (secondary N) is 1. The molecule has 0 saturated carbocycles. The van der Waals surface area contributed by atoms with Crippen molar-refractivity contribution in [3.05, 3.63) is 42.7 Å². The van der Waals surface area contributed by atoms with Crippen molar-refractivity contribution in [1.29, 1.82) is 0 Å². The lowest BCUT2D eigenvalue weighted by Gasteiger charge is -2.25. The molecule has 1 aromatic carbocycles. The summed E-state index contributed by atoms with van der Waals surface area (Å²) in [4.78, 5) is 23.6. The highest BCUT2D eigenvalue weighted by Gasteiger charge is 2.32. The first-order valence-electron chi connectivity index (χ1n) is 8.31. The minimum Gasteiger partial charge on any atom is -0.347 e. The molecule has 8 heteroatoms. The topological polar surface area (TPSA) is 88.8 Å². The molecule has 2 aromatic heterocycles. The van der Waals surface area contributed by atoms with E-state index in [0.717, 1.165) is 41.9 Å². The Morgan fingerprint density at radius 3 is 3.04 bits per heavy atom. The van der Waals surface area contributed by atoms with Gasteiger partial charge in [0.05, 0.1) is 12.1 Å². The Morgan fingerprint density at radius 1 is 1.32 bits per heavy atom. The molecule has 0 spiro atoms. The Kier molecular flexibility index (Phi) is 4.01. The van der Waals surface area contributed by atoms with E-state index in [9.17, 15) is 4.79 Å². The molecule has 1 amide bonds. The van der Waals surface area contributed by atoms with Crippen molar-refractivity contribution < 1.29 is 4.79 Å². The molecule has 1 fully saturated rings. The van der Waals surface area contributed by atoms with Gasteiger partial charge in [-0.2, -0.15) is 0 Å². The van der Waals surface area contributed by atoms with Gasteiger partial charge in [0, 0.05) is 19.0 Å². The summed E-state index contributed by atoms with van der Waals surface area (Å²) in [6, 6.07) is 7.64. The standard InChI is InChI=1S/C17H19N7O/c1-23-11-21-22-15(23)9-18-17(25)14-7-4-8-24(14)16-12-5-2-3-6-13(12)19-10-20-16/h2-3,5-6,10-11,14H,4,7-9H2,1H3,(H,18,25). The fourth-order valence-electron chi connectivity index (χ4n) is 3.26. The minimum atomic E-state index is -0.230. The van der Waals surface area contributed by atoms with Crippen LogP contribution in [-0.4, -0.2) is 43.2 Å². The molecule has 25 heavy (non-hydrogen) atoms. The number of hydrogen-bond donors (Lipinski definition) is 1. The van der Waals surface area contributed by atoms with E-state index < -0.39 is 0 Å². The second-order valence-corrected chi connectivity index (χ2v) is 6.14. The first-order valence-corrected chi connectivity index (χ1v) is 8.31. The van der Waals surface area contributed by atoms with Crippen LogP contribution in [0.5, 0.6) is 0 Å². The van der Waals surface area contributed by atoms with Crippen LogP contribution in [0.25, 0.3) is 10.9 Å². The third-order valence-electron chi connectivity index (χ3n) is 4.58. The van der Waals surface area contributed by atoms with Crippen LogP contribution in [0, 0.1) is 0 Å². The van der Waals surface area contributed by atoms with E-state index in [-0.39, 0.29) is 11.9 Å². The first kappa shape index (κ1) is 15.5. The molecule has 1 atom stereocenters. The summed E-state index contributed by atoms with van der Waals surface area (Å²) in [7, 11) is 1.86. The van der Waals surface area contributed by atoms with Crippen LogP contribution in [0.2, 0.25) is 0 Å². The molecule has 128 valence electrons. The normalized spacial score (nSPS) is 17.2. The van der Waals surface area contributed by atoms with Crippen molar-refractivity contribution in [2.24, 2.45) is 7.05 Å². The Morgan fingerprint density at radius 2 is 2.20 bits per heavy atom. The van der Waals surface area contributed by atoms with Crippen LogP contribution >= 0.6 is 0 Å². The van der Waals surface area contributed by atoms with Crippen molar-refractivity contribution in [3.8, 4) is 0 Å². The molecule has 0 bridgehead atoms. The van der Waals surface area contributed by atoms with Gasteiger partial charge in [-0.1, -0.05) is 12.1 Å². The van der Waals surface area contributed by atoms with Crippen LogP contribution in [0.15, 0.2) is 36.9 Å². The number of carbonyl (C=O) groups excluding carboxylic acids is 1. The molecule has 1 aliphatic rings. The number of para-hydroxylation sites is 1. The fraction of sp³-hybridized carbons (Fsp3) is 0.353. The molecule has 3 heterocycles. The zero-order valence-electron chi connectivity index (χ0n) is 14.0. The maximum atomic E-state index is 12.7. The monoisotopic (exact) mass is 337 g/mol. The number of amides is 1. The molecule has 8 nitrogen and oxygen atoms in total. The van der Waals surface area contributed by atoms with Crippen molar-refractivity contribution in [1.82, 2.24) is 30.0 Å². The third-order valence-corrected chi connectivity index (χ3v) is 4.58. The average Bonchev–Trinajstić information content (AvgIpc) is 3.28. The zero-order chi connectivity index (χ0) is 17.2. The van der Waals surface area contributed by atoms with Gasteiger partial charge < -0.3 is 14.8 Å². The number of carbonyl (C=O) groups is 1. The number of fused-ring (bicyclic) bond motifs is 1. The van der Waals surface area contributed by atoms with Gasteiger partial charge in [0.25, 0.3) is 0 Å². The Balaban J connectivity index is 1.55. The average molecular weight is 337 g/mol. The summed E-state index contributed by atoms with van der Waals surface area (Å²) in [6.07, 6.45) is 4.95. The molecule has 0 aliphatic carbocycles. The Hall–Kier alpha value is -3.03. The smallest absolute Gasteiger partial charge is 0.243 e. The van der Waals surface area contributed by atoms with Crippen LogP contribution in [0.1, 0.15) is 18.7 Å². The number of hydrogen-bond acceptors (Lipinski definition) is 6. The van der Waals surface area contributed by atoms with Crippen LogP contribution in [0.4, 0.5) is 5.82 Å². The molecule has 1 aliphatic heterocycles. The summed E-state index contributed by atoms with van der Waals surface area (Å²) in [5.74, 6) is 1.54. The first-order chi connectivity index (χ1) is 12.2. The van der Waals surface area contributed by atoms with Crippen molar-refractivity contribution in [2.75, 3.05) is 11.4 Å².